The average molecular weight is 340 g/mol. The quantitative estimate of drug-likeness (QED) is 0.772. The minimum absolute atomic E-state index is 0.811. The molecule has 0 atom stereocenters. The van der Waals surface area contributed by atoms with Gasteiger partial charge < -0.3 is 9.73 Å². The highest BCUT2D eigenvalue weighted by atomic mass is 32.1. The Morgan fingerprint density at radius 2 is 2.12 bits per heavy atom. The number of anilines is 1. The zero-order chi connectivity index (χ0) is 16.2. The van der Waals surface area contributed by atoms with Crippen LogP contribution in [0.1, 0.15) is 22.4 Å². The summed E-state index contributed by atoms with van der Waals surface area (Å²) in [6, 6.07) is 4.18. The molecule has 6 heteroatoms. The van der Waals surface area contributed by atoms with Crippen molar-refractivity contribution in [2.75, 3.05) is 18.4 Å². The molecule has 1 aliphatic heterocycles. The number of nitrogens with one attached hydrogen (secondary N) is 1. The molecule has 3 aromatic heterocycles. The van der Waals surface area contributed by atoms with Gasteiger partial charge in [-0.15, -0.1) is 0 Å². The molecule has 0 fully saturated rings. The number of hydrogen-bond acceptors (Lipinski definition) is 6. The fourth-order valence-corrected chi connectivity index (χ4v) is 3.77. The topological polar surface area (TPSA) is 54.2 Å². The van der Waals surface area contributed by atoms with E-state index in [0.717, 1.165) is 44.8 Å². The van der Waals surface area contributed by atoms with Crippen molar-refractivity contribution in [1.29, 1.82) is 0 Å². The van der Waals surface area contributed by atoms with E-state index in [-0.39, 0.29) is 0 Å². The summed E-state index contributed by atoms with van der Waals surface area (Å²) >= 11 is 1.72. The molecule has 0 aliphatic carbocycles. The minimum Gasteiger partial charge on any atom is -0.472 e. The first-order valence-electron chi connectivity index (χ1n) is 8.19. The van der Waals surface area contributed by atoms with E-state index in [1.165, 1.54) is 22.4 Å². The van der Waals surface area contributed by atoms with Crippen LogP contribution in [0.4, 0.5) is 5.82 Å². The summed E-state index contributed by atoms with van der Waals surface area (Å²) in [6.07, 6.45) is 7.18. The molecule has 0 spiro atoms. The van der Waals surface area contributed by atoms with E-state index in [2.05, 4.69) is 37.0 Å². The summed E-state index contributed by atoms with van der Waals surface area (Å²) < 4.78 is 5.18. The lowest BCUT2D eigenvalue weighted by Crippen LogP contribution is -2.25. The lowest BCUT2D eigenvalue weighted by Gasteiger charge is -2.18. The molecule has 0 saturated carbocycles. The van der Waals surface area contributed by atoms with Gasteiger partial charge in [0.2, 0.25) is 0 Å². The van der Waals surface area contributed by atoms with Crippen LogP contribution < -0.4 is 5.32 Å². The molecular weight excluding hydrogens is 320 g/mol. The summed E-state index contributed by atoms with van der Waals surface area (Å²) in [7, 11) is 0. The van der Waals surface area contributed by atoms with Crippen LogP contribution >= 0.6 is 11.3 Å². The molecule has 0 bridgehead atoms. The Hall–Kier alpha value is -2.18. The smallest absolute Gasteiger partial charge is 0.133 e. The van der Waals surface area contributed by atoms with Crippen LogP contribution in [0.5, 0.6) is 0 Å². The molecular formula is C18H20N4OS. The molecule has 4 heterocycles. The summed E-state index contributed by atoms with van der Waals surface area (Å²) in [4.78, 5) is 11.5. The van der Waals surface area contributed by atoms with Crippen molar-refractivity contribution in [2.45, 2.75) is 25.9 Å². The van der Waals surface area contributed by atoms with Crippen LogP contribution in [0.3, 0.4) is 0 Å². The van der Waals surface area contributed by atoms with Crippen LogP contribution in [-0.2, 0) is 25.9 Å². The SMILES string of the molecule is c1nc2c(c(NCc3ccsc3)n1)CCN(Cc1ccoc1)CC2. The van der Waals surface area contributed by atoms with Crippen molar-refractivity contribution in [3.63, 3.8) is 0 Å². The van der Waals surface area contributed by atoms with Gasteiger partial charge >= 0.3 is 0 Å². The summed E-state index contributed by atoms with van der Waals surface area (Å²) in [5.74, 6) is 0.983. The van der Waals surface area contributed by atoms with Crippen LogP contribution in [0.2, 0.25) is 0 Å². The molecule has 0 unspecified atom stereocenters. The Labute approximate surface area is 145 Å². The van der Waals surface area contributed by atoms with Crippen molar-refractivity contribution in [3.05, 3.63) is 64.1 Å². The van der Waals surface area contributed by atoms with E-state index >= 15 is 0 Å². The first-order valence-corrected chi connectivity index (χ1v) is 9.14. The van der Waals surface area contributed by atoms with Crippen molar-refractivity contribution in [2.24, 2.45) is 0 Å². The first kappa shape index (κ1) is 15.4. The number of furan rings is 1. The van der Waals surface area contributed by atoms with Crippen LogP contribution in [0.25, 0.3) is 0 Å². The van der Waals surface area contributed by atoms with E-state index in [9.17, 15) is 0 Å². The maximum atomic E-state index is 5.18. The molecule has 24 heavy (non-hydrogen) atoms. The third kappa shape index (κ3) is 3.49. The summed E-state index contributed by atoms with van der Waals surface area (Å²) in [6.45, 7) is 3.76. The van der Waals surface area contributed by atoms with Gasteiger partial charge in [-0.3, -0.25) is 4.90 Å². The molecule has 5 nitrogen and oxygen atoms in total. The van der Waals surface area contributed by atoms with Gasteiger partial charge in [0, 0.05) is 43.7 Å². The molecule has 3 aromatic rings. The number of hydrogen-bond donors (Lipinski definition) is 1. The van der Waals surface area contributed by atoms with E-state index < -0.39 is 0 Å². The van der Waals surface area contributed by atoms with Crippen LogP contribution in [-0.4, -0.2) is 28.0 Å². The number of rotatable bonds is 5. The second kappa shape index (κ2) is 7.15. The second-order valence-electron chi connectivity index (χ2n) is 6.04. The predicted molar refractivity (Wildman–Crippen MR) is 95.1 cm³/mol. The number of fused-ring (bicyclic) bond motifs is 1. The van der Waals surface area contributed by atoms with Crippen molar-refractivity contribution >= 4 is 17.2 Å². The highest BCUT2D eigenvalue weighted by Crippen LogP contribution is 2.22. The Morgan fingerprint density at radius 1 is 1.17 bits per heavy atom. The number of nitrogens with zero attached hydrogens (tertiary/aromatic N) is 3. The van der Waals surface area contributed by atoms with Gasteiger partial charge in [0.1, 0.15) is 12.1 Å². The first-order chi connectivity index (χ1) is 11.9. The minimum atomic E-state index is 0.811. The Balaban J connectivity index is 1.45. The van der Waals surface area contributed by atoms with E-state index in [1.807, 2.05) is 12.3 Å². The fourth-order valence-electron chi connectivity index (χ4n) is 3.10. The normalized spacial score (nSPS) is 15.0. The van der Waals surface area contributed by atoms with Crippen molar-refractivity contribution in [3.8, 4) is 0 Å². The maximum Gasteiger partial charge on any atom is 0.133 e. The number of aromatic nitrogens is 2. The molecule has 124 valence electrons. The van der Waals surface area contributed by atoms with Gasteiger partial charge in [0.25, 0.3) is 0 Å². The highest BCUT2D eigenvalue weighted by molar-refractivity contribution is 7.07. The largest absolute Gasteiger partial charge is 0.472 e. The third-order valence-corrected chi connectivity index (χ3v) is 5.14. The standard InChI is InChI=1S/C18H20N4OS/c1-5-22(10-15-3-7-23-11-15)6-2-17-16(1)18(21-13-20-17)19-9-14-4-8-24-12-14/h3-4,7-8,11-13H,1-2,5-6,9-10H2,(H,19,20,21). The number of thiophene rings is 1. The summed E-state index contributed by atoms with van der Waals surface area (Å²) in [5.41, 5.74) is 4.96. The van der Waals surface area contributed by atoms with Gasteiger partial charge in [0.05, 0.1) is 18.2 Å². The van der Waals surface area contributed by atoms with Gasteiger partial charge in [0.15, 0.2) is 0 Å². The zero-order valence-electron chi connectivity index (χ0n) is 13.4. The van der Waals surface area contributed by atoms with Gasteiger partial charge in [-0.05, 0) is 34.9 Å². The second-order valence-corrected chi connectivity index (χ2v) is 6.82. The monoisotopic (exact) mass is 340 g/mol. The molecule has 0 aromatic carbocycles. The Bertz CT molecular complexity index is 770. The Morgan fingerprint density at radius 3 is 2.96 bits per heavy atom. The van der Waals surface area contributed by atoms with Gasteiger partial charge in [-0.2, -0.15) is 11.3 Å². The summed E-state index contributed by atoms with van der Waals surface area (Å²) in [5, 5.41) is 7.75. The molecule has 1 N–H and O–H groups in total. The molecule has 0 amide bonds. The van der Waals surface area contributed by atoms with E-state index in [1.54, 1.807) is 23.9 Å². The van der Waals surface area contributed by atoms with Gasteiger partial charge in [-0.1, -0.05) is 0 Å². The Kier molecular flexibility index (Phi) is 4.57. The molecule has 4 rings (SSSR count). The van der Waals surface area contributed by atoms with E-state index in [4.69, 9.17) is 4.42 Å². The van der Waals surface area contributed by atoms with Crippen LogP contribution in [0, 0.1) is 0 Å². The molecule has 1 aliphatic rings. The average Bonchev–Trinajstić information content (AvgIpc) is 3.26. The van der Waals surface area contributed by atoms with Crippen molar-refractivity contribution in [1.82, 2.24) is 14.9 Å². The van der Waals surface area contributed by atoms with Gasteiger partial charge in [-0.25, -0.2) is 9.97 Å². The van der Waals surface area contributed by atoms with Crippen molar-refractivity contribution < 1.29 is 4.42 Å². The predicted octanol–water partition coefficient (Wildman–Crippen LogP) is 3.34. The highest BCUT2D eigenvalue weighted by Gasteiger charge is 2.18. The zero-order valence-corrected chi connectivity index (χ0v) is 14.3. The molecule has 0 radical (unpaired) electrons. The van der Waals surface area contributed by atoms with Crippen LogP contribution in [0.15, 0.2) is 46.2 Å². The fraction of sp³-hybridized carbons (Fsp3) is 0.333. The lowest BCUT2D eigenvalue weighted by atomic mass is 10.1. The molecule has 0 saturated heterocycles. The van der Waals surface area contributed by atoms with E-state index in [0.29, 0.717) is 0 Å². The third-order valence-electron chi connectivity index (χ3n) is 4.40. The lowest BCUT2D eigenvalue weighted by molar-refractivity contribution is 0.278. The maximum absolute atomic E-state index is 5.18.